The molecule has 0 aliphatic carbocycles. The number of piperidine rings is 1. The number of pyridine rings is 1. The van der Waals surface area contributed by atoms with Crippen molar-refractivity contribution in [2.75, 3.05) is 31.1 Å². The molecule has 0 amide bonds. The van der Waals surface area contributed by atoms with Gasteiger partial charge in [0.2, 0.25) is 5.65 Å². The third-order valence-electron chi connectivity index (χ3n) is 5.32. The van der Waals surface area contributed by atoms with E-state index >= 15 is 0 Å². The molecule has 0 saturated carbocycles. The maximum Gasteiger partial charge on any atom is 0.300 e. The first-order chi connectivity index (χ1) is 12.3. The van der Waals surface area contributed by atoms with Crippen molar-refractivity contribution in [3.8, 4) is 11.1 Å². The van der Waals surface area contributed by atoms with E-state index < -0.39 is 0 Å². The minimum atomic E-state index is -0.262. The molecular formula is C19H19FN4O. The molecule has 0 radical (unpaired) electrons. The highest BCUT2D eigenvalue weighted by atomic mass is 19.1. The first-order valence-corrected chi connectivity index (χ1v) is 8.78. The fourth-order valence-electron chi connectivity index (χ4n) is 3.91. The number of benzene rings is 1. The number of halogens is 1. The van der Waals surface area contributed by atoms with E-state index in [0.717, 1.165) is 39.0 Å². The molecule has 0 spiro atoms. The van der Waals surface area contributed by atoms with Gasteiger partial charge < -0.3 is 14.2 Å². The van der Waals surface area contributed by atoms with Crippen molar-refractivity contribution >= 4 is 17.2 Å². The summed E-state index contributed by atoms with van der Waals surface area (Å²) in [4.78, 5) is 13.7. The van der Waals surface area contributed by atoms with E-state index in [1.165, 1.54) is 6.07 Å². The van der Waals surface area contributed by atoms with Crippen molar-refractivity contribution in [3.63, 3.8) is 0 Å². The van der Waals surface area contributed by atoms with Crippen molar-refractivity contribution in [1.82, 2.24) is 14.9 Å². The van der Waals surface area contributed by atoms with Crippen LogP contribution >= 0.6 is 0 Å². The van der Waals surface area contributed by atoms with Gasteiger partial charge in [0.05, 0.1) is 0 Å². The normalized spacial score (nSPS) is 23.2. The van der Waals surface area contributed by atoms with Gasteiger partial charge in [-0.1, -0.05) is 18.2 Å². The maximum atomic E-state index is 14.0. The van der Waals surface area contributed by atoms with Crippen LogP contribution < -0.4 is 4.90 Å². The van der Waals surface area contributed by atoms with Gasteiger partial charge >= 0.3 is 0 Å². The van der Waals surface area contributed by atoms with Crippen LogP contribution in [-0.4, -0.2) is 47.1 Å². The van der Waals surface area contributed by atoms with Crippen LogP contribution in [0.5, 0.6) is 0 Å². The average Bonchev–Trinajstić information content (AvgIpc) is 2.82. The van der Waals surface area contributed by atoms with Crippen LogP contribution in [0.25, 0.3) is 22.4 Å². The molecule has 6 rings (SSSR count). The van der Waals surface area contributed by atoms with Gasteiger partial charge in [0, 0.05) is 49.5 Å². The van der Waals surface area contributed by atoms with Crippen LogP contribution in [0.15, 0.2) is 40.9 Å². The van der Waals surface area contributed by atoms with E-state index in [-0.39, 0.29) is 5.82 Å². The van der Waals surface area contributed by atoms with Gasteiger partial charge in [-0.2, -0.15) is 4.98 Å². The molecule has 3 fully saturated rings. The first-order valence-electron chi connectivity index (χ1n) is 8.78. The van der Waals surface area contributed by atoms with Crippen LogP contribution in [-0.2, 0) is 0 Å². The summed E-state index contributed by atoms with van der Waals surface area (Å²) in [6.45, 7) is 4.27. The highest BCUT2D eigenvalue weighted by molar-refractivity contribution is 5.77. The minimum Gasteiger partial charge on any atom is -0.422 e. The second-order valence-corrected chi connectivity index (χ2v) is 6.79. The zero-order valence-electron chi connectivity index (χ0n) is 13.9. The molecule has 128 valence electrons. The molecular weight excluding hydrogens is 319 g/mol. The number of aromatic nitrogens is 2. The van der Waals surface area contributed by atoms with Crippen molar-refractivity contribution in [1.29, 1.82) is 0 Å². The molecule has 5 nitrogen and oxygen atoms in total. The average molecular weight is 338 g/mol. The number of hydrogen-bond donors (Lipinski definition) is 0. The lowest BCUT2D eigenvalue weighted by atomic mass is 10.1. The Labute approximate surface area is 145 Å². The zero-order chi connectivity index (χ0) is 16.8. The quantitative estimate of drug-likeness (QED) is 0.717. The molecule has 3 aliphatic heterocycles. The summed E-state index contributed by atoms with van der Waals surface area (Å²) in [7, 11) is 0. The predicted octanol–water partition coefficient (Wildman–Crippen LogP) is 3.31. The van der Waals surface area contributed by atoms with Crippen LogP contribution in [0.3, 0.4) is 0 Å². The highest BCUT2D eigenvalue weighted by Gasteiger charge is 2.31. The minimum absolute atomic E-state index is 0.262. The Bertz CT molecular complexity index is 917. The fourth-order valence-corrected chi connectivity index (χ4v) is 3.91. The summed E-state index contributed by atoms with van der Waals surface area (Å²) in [6, 6.07) is 9.65. The second-order valence-electron chi connectivity index (χ2n) is 6.79. The number of hydrogen-bond acceptors (Lipinski definition) is 5. The summed E-state index contributed by atoms with van der Waals surface area (Å²) < 4.78 is 20.1. The standard InChI is InChI=1S/C19H19FN4O/c20-16-4-2-1-3-15(16)13-11-17-18(21-12-13)22-19(25-17)24-10-9-23-7-5-14(24)6-8-23/h1-4,11-12,14H,5-10H2. The molecule has 1 aromatic carbocycles. The molecule has 0 unspecified atom stereocenters. The second kappa shape index (κ2) is 5.81. The Balaban J connectivity index is 1.53. The molecule has 3 saturated heterocycles. The smallest absolute Gasteiger partial charge is 0.300 e. The molecule has 0 N–H and O–H groups in total. The number of fused-ring (bicyclic) bond motifs is 5. The first kappa shape index (κ1) is 14.8. The van der Waals surface area contributed by atoms with Gasteiger partial charge in [0.15, 0.2) is 5.58 Å². The summed E-state index contributed by atoms with van der Waals surface area (Å²) in [5.41, 5.74) is 2.41. The topological polar surface area (TPSA) is 45.4 Å². The molecule has 3 aliphatic rings. The van der Waals surface area contributed by atoms with E-state index in [1.54, 1.807) is 18.3 Å². The van der Waals surface area contributed by atoms with Crippen molar-refractivity contribution in [2.45, 2.75) is 18.9 Å². The number of rotatable bonds is 2. The number of nitrogens with zero attached hydrogens (tertiary/aromatic N) is 4. The molecule has 5 heterocycles. The van der Waals surface area contributed by atoms with Crippen LogP contribution in [0, 0.1) is 5.82 Å². The number of anilines is 1. The van der Waals surface area contributed by atoms with E-state index in [1.807, 2.05) is 12.1 Å². The van der Waals surface area contributed by atoms with Crippen molar-refractivity contribution in [3.05, 3.63) is 42.3 Å². The van der Waals surface area contributed by atoms with Gasteiger partial charge in [0.25, 0.3) is 6.01 Å². The van der Waals surface area contributed by atoms with Crippen molar-refractivity contribution < 1.29 is 8.81 Å². The van der Waals surface area contributed by atoms with E-state index in [2.05, 4.69) is 19.8 Å². The van der Waals surface area contributed by atoms with Gasteiger partial charge in [-0.15, -0.1) is 0 Å². The zero-order valence-corrected chi connectivity index (χ0v) is 13.9. The summed E-state index contributed by atoms with van der Waals surface area (Å²) in [5.74, 6) is -0.262. The third-order valence-corrected chi connectivity index (χ3v) is 5.32. The maximum absolute atomic E-state index is 14.0. The molecule has 0 atom stereocenters. The Morgan fingerprint density at radius 3 is 2.76 bits per heavy atom. The number of oxazole rings is 1. The Morgan fingerprint density at radius 1 is 1.08 bits per heavy atom. The summed E-state index contributed by atoms with van der Waals surface area (Å²) in [5, 5.41) is 0. The summed E-state index contributed by atoms with van der Waals surface area (Å²) in [6.07, 6.45) is 3.95. The predicted molar refractivity (Wildman–Crippen MR) is 94.0 cm³/mol. The van der Waals surface area contributed by atoms with E-state index in [0.29, 0.717) is 34.4 Å². The highest BCUT2D eigenvalue weighted by Crippen LogP contribution is 2.30. The molecule has 6 heteroatoms. The Hall–Kier alpha value is -2.47. The lowest BCUT2D eigenvalue weighted by Gasteiger charge is -2.30. The van der Waals surface area contributed by atoms with Gasteiger partial charge in [-0.25, -0.2) is 9.37 Å². The van der Waals surface area contributed by atoms with Crippen molar-refractivity contribution in [2.24, 2.45) is 0 Å². The van der Waals surface area contributed by atoms with E-state index in [4.69, 9.17) is 4.42 Å². The molecule has 2 bridgehead atoms. The Kier molecular flexibility index (Phi) is 3.45. The molecule has 3 aromatic rings. The third kappa shape index (κ3) is 2.57. The molecule has 2 aromatic heterocycles. The SMILES string of the molecule is Fc1ccccc1-c1cnc2nc(N3CCN4CCC3CC4)oc2c1. The van der Waals surface area contributed by atoms with Crippen LogP contribution in [0.4, 0.5) is 10.4 Å². The fraction of sp³-hybridized carbons (Fsp3) is 0.368. The van der Waals surface area contributed by atoms with E-state index in [9.17, 15) is 4.39 Å². The molecule has 25 heavy (non-hydrogen) atoms. The monoisotopic (exact) mass is 338 g/mol. The van der Waals surface area contributed by atoms with Gasteiger partial charge in [0.1, 0.15) is 5.82 Å². The van der Waals surface area contributed by atoms with Gasteiger partial charge in [-0.3, -0.25) is 0 Å². The lowest BCUT2D eigenvalue weighted by Crippen LogP contribution is -2.38. The van der Waals surface area contributed by atoms with Gasteiger partial charge in [-0.05, 0) is 25.0 Å². The summed E-state index contributed by atoms with van der Waals surface area (Å²) >= 11 is 0. The largest absolute Gasteiger partial charge is 0.422 e. The lowest BCUT2D eigenvalue weighted by molar-refractivity contribution is 0.249. The van der Waals surface area contributed by atoms with Crippen LogP contribution in [0.1, 0.15) is 12.8 Å². The Morgan fingerprint density at radius 2 is 1.92 bits per heavy atom. The van der Waals surface area contributed by atoms with Crippen LogP contribution in [0.2, 0.25) is 0 Å².